The van der Waals surface area contributed by atoms with Crippen LogP contribution in [0.15, 0.2) is 48.7 Å². The van der Waals surface area contributed by atoms with Crippen LogP contribution in [0.3, 0.4) is 0 Å². The smallest absolute Gasteiger partial charge is 0.342 e. The highest BCUT2D eigenvalue weighted by atomic mass is 16.5. The normalized spacial score (nSPS) is 16.5. The van der Waals surface area contributed by atoms with E-state index in [4.69, 9.17) is 9.47 Å². The number of carbonyl (C=O) groups is 2. The van der Waals surface area contributed by atoms with Crippen molar-refractivity contribution in [3.63, 3.8) is 0 Å². The lowest BCUT2D eigenvalue weighted by atomic mass is 10.0. The largest absolute Gasteiger partial charge is 0.459 e. The molecule has 3 aromatic rings. The summed E-state index contributed by atoms with van der Waals surface area (Å²) in [6.07, 6.45) is 2.07. The number of esters is 1. The van der Waals surface area contributed by atoms with Crippen LogP contribution in [-0.4, -0.2) is 65.2 Å². The van der Waals surface area contributed by atoms with Gasteiger partial charge < -0.3 is 18.9 Å². The van der Waals surface area contributed by atoms with Gasteiger partial charge in [-0.2, -0.15) is 0 Å². The average molecular weight is 502 g/mol. The predicted molar refractivity (Wildman–Crippen MR) is 144 cm³/mol. The van der Waals surface area contributed by atoms with Gasteiger partial charge in [-0.1, -0.05) is 24.3 Å². The van der Waals surface area contributed by atoms with Crippen molar-refractivity contribution in [2.75, 3.05) is 32.8 Å². The first kappa shape index (κ1) is 25.2. The fourth-order valence-electron chi connectivity index (χ4n) is 5.44. The Morgan fingerprint density at radius 1 is 1.05 bits per heavy atom. The molecule has 1 amide bonds. The SMILES string of the molecule is Cc1cccc2c1c1c(n2C)C(C(=O)OC(C)C)=CN(C(=O)c2cccc(CN3CCOCC3)c2)CC1. The van der Waals surface area contributed by atoms with Crippen molar-refractivity contribution in [2.45, 2.75) is 39.8 Å². The van der Waals surface area contributed by atoms with Gasteiger partial charge in [0.2, 0.25) is 0 Å². The van der Waals surface area contributed by atoms with Crippen molar-refractivity contribution in [1.29, 1.82) is 0 Å². The van der Waals surface area contributed by atoms with Gasteiger partial charge in [-0.05, 0) is 62.1 Å². The number of aromatic nitrogens is 1. The molecule has 0 spiro atoms. The summed E-state index contributed by atoms with van der Waals surface area (Å²) in [5.74, 6) is -0.534. The standard InChI is InChI=1S/C30H35N3O4/c1-20(2)37-30(35)25-19-33(12-11-24-27-21(3)7-5-10-26(27)31(4)28(24)25)29(34)23-9-6-8-22(17-23)18-32-13-15-36-16-14-32/h5-10,17,19-20H,11-16,18H2,1-4H3. The Morgan fingerprint density at radius 3 is 2.57 bits per heavy atom. The summed E-state index contributed by atoms with van der Waals surface area (Å²) in [6, 6.07) is 14.0. The number of hydrogen-bond acceptors (Lipinski definition) is 5. The molecule has 2 aromatic carbocycles. The lowest BCUT2D eigenvalue weighted by molar-refractivity contribution is -0.140. The molecule has 0 bridgehead atoms. The van der Waals surface area contributed by atoms with Gasteiger partial charge in [0.25, 0.3) is 5.91 Å². The van der Waals surface area contributed by atoms with Crippen LogP contribution in [0.5, 0.6) is 0 Å². The summed E-state index contributed by atoms with van der Waals surface area (Å²) >= 11 is 0. The van der Waals surface area contributed by atoms with Crippen LogP contribution < -0.4 is 0 Å². The quantitative estimate of drug-likeness (QED) is 0.488. The number of fused-ring (bicyclic) bond motifs is 3. The monoisotopic (exact) mass is 501 g/mol. The summed E-state index contributed by atoms with van der Waals surface area (Å²) in [4.78, 5) is 31.1. The van der Waals surface area contributed by atoms with E-state index in [1.54, 1.807) is 11.1 Å². The highest BCUT2D eigenvalue weighted by Crippen LogP contribution is 2.35. The average Bonchev–Trinajstić information content (AvgIpc) is 3.03. The first-order chi connectivity index (χ1) is 17.8. The lowest BCUT2D eigenvalue weighted by Crippen LogP contribution is -2.35. The zero-order valence-electron chi connectivity index (χ0n) is 22.1. The molecule has 37 heavy (non-hydrogen) atoms. The number of rotatable bonds is 5. The van der Waals surface area contributed by atoms with E-state index in [1.165, 1.54) is 0 Å². The molecule has 1 aromatic heterocycles. The Labute approximate surface area is 218 Å². The molecule has 2 aliphatic rings. The molecule has 3 heterocycles. The van der Waals surface area contributed by atoms with Gasteiger partial charge in [0.05, 0.1) is 30.6 Å². The van der Waals surface area contributed by atoms with Crippen LogP contribution in [0.25, 0.3) is 16.5 Å². The molecule has 0 aliphatic carbocycles. The topological polar surface area (TPSA) is 64.0 Å². The second-order valence-electron chi connectivity index (χ2n) is 10.2. The highest BCUT2D eigenvalue weighted by molar-refractivity contribution is 6.18. The highest BCUT2D eigenvalue weighted by Gasteiger charge is 2.30. The number of nitrogens with zero attached hydrogens (tertiary/aromatic N) is 3. The molecule has 194 valence electrons. The van der Waals surface area contributed by atoms with Crippen LogP contribution in [0, 0.1) is 6.92 Å². The number of morpholine rings is 1. The fourth-order valence-corrected chi connectivity index (χ4v) is 5.44. The first-order valence-electron chi connectivity index (χ1n) is 13.0. The van der Waals surface area contributed by atoms with Gasteiger partial charge in [0.1, 0.15) is 0 Å². The van der Waals surface area contributed by atoms with E-state index in [0.29, 0.717) is 24.1 Å². The van der Waals surface area contributed by atoms with E-state index in [0.717, 1.165) is 66.1 Å². The molecule has 1 fully saturated rings. The molecule has 0 saturated carbocycles. The van der Waals surface area contributed by atoms with Crippen molar-refractivity contribution in [2.24, 2.45) is 7.05 Å². The van der Waals surface area contributed by atoms with Crippen molar-refractivity contribution in [3.05, 3.63) is 76.6 Å². The number of carbonyl (C=O) groups excluding carboxylic acids is 2. The molecule has 0 unspecified atom stereocenters. The Balaban J connectivity index is 1.51. The number of amides is 1. The number of aryl methyl sites for hydroxylation is 2. The maximum absolute atomic E-state index is 13.8. The molecular formula is C30H35N3O4. The third-order valence-electron chi connectivity index (χ3n) is 7.19. The molecule has 0 atom stereocenters. The molecule has 7 heteroatoms. The van der Waals surface area contributed by atoms with E-state index < -0.39 is 5.97 Å². The molecule has 7 nitrogen and oxygen atoms in total. The van der Waals surface area contributed by atoms with E-state index >= 15 is 0 Å². The molecule has 5 rings (SSSR count). The van der Waals surface area contributed by atoms with E-state index in [-0.39, 0.29) is 12.0 Å². The summed E-state index contributed by atoms with van der Waals surface area (Å²) < 4.78 is 13.2. The summed E-state index contributed by atoms with van der Waals surface area (Å²) in [7, 11) is 1.98. The van der Waals surface area contributed by atoms with E-state index in [2.05, 4.69) is 34.6 Å². The van der Waals surface area contributed by atoms with Crippen LogP contribution in [-0.2, 0) is 34.3 Å². The van der Waals surface area contributed by atoms with E-state index in [9.17, 15) is 9.59 Å². The summed E-state index contributed by atoms with van der Waals surface area (Å²) in [5.41, 5.74) is 6.26. The first-order valence-corrected chi connectivity index (χ1v) is 13.0. The molecule has 0 N–H and O–H groups in total. The molecule has 0 radical (unpaired) electrons. The fraction of sp³-hybridized carbons (Fsp3) is 0.400. The minimum absolute atomic E-state index is 0.118. The van der Waals surface area contributed by atoms with Gasteiger partial charge >= 0.3 is 5.97 Å². The van der Waals surface area contributed by atoms with Gasteiger partial charge in [-0.25, -0.2) is 4.79 Å². The number of benzene rings is 2. The van der Waals surface area contributed by atoms with Crippen LogP contribution in [0.4, 0.5) is 0 Å². The molecule has 1 saturated heterocycles. The Hall–Kier alpha value is -3.42. The maximum Gasteiger partial charge on any atom is 0.342 e. The van der Waals surface area contributed by atoms with Gasteiger partial charge in [-0.3, -0.25) is 9.69 Å². The van der Waals surface area contributed by atoms with Gasteiger partial charge in [0.15, 0.2) is 0 Å². The van der Waals surface area contributed by atoms with Crippen molar-refractivity contribution in [3.8, 4) is 0 Å². The zero-order valence-corrected chi connectivity index (χ0v) is 22.1. The van der Waals surface area contributed by atoms with Crippen molar-refractivity contribution >= 4 is 28.4 Å². The third-order valence-corrected chi connectivity index (χ3v) is 7.19. The van der Waals surface area contributed by atoms with E-state index in [1.807, 2.05) is 45.2 Å². The summed E-state index contributed by atoms with van der Waals surface area (Å²) in [5, 5.41) is 1.14. The lowest BCUT2D eigenvalue weighted by Gasteiger charge is -2.26. The Bertz CT molecular complexity index is 1360. The van der Waals surface area contributed by atoms with Crippen LogP contribution in [0.1, 0.15) is 46.6 Å². The minimum Gasteiger partial charge on any atom is -0.459 e. The van der Waals surface area contributed by atoms with Crippen molar-refractivity contribution in [1.82, 2.24) is 14.4 Å². The van der Waals surface area contributed by atoms with Gasteiger partial charge in [0, 0.05) is 55.9 Å². The summed E-state index contributed by atoms with van der Waals surface area (Å²) in [6.45, 7) is 10.3. The Kier molecular flexibility index (Phi) is 7.17. The predicted octanol–water partition coefficient (Wildman–Crippen LogP) is 4.31. The number of hydrogen-bond donors (Lipinski definition) is 0. The van der Waals surface area contributed by atoms with Crippen molar-refractivity contribution < 1.29 is 19.1 Å². The third kappa shape index (κ3) is 5.06. The zero-order chi connectivity index (χ0) is 26.1. The minimum atomic E-state index is -0.416. The maximum atomic E-state index is 13.8. The molecular weight excluding hydrogens is 466 g/mol. The molecule has 2 aliphatic heterocycles. The van der Waals surface area contributed by atoms with Crippen LogP contribution >= 0.6 is 0 Å². The number of ether oxygens (including phenoxy) is 2. The van der Waals surface area contributed by atoms with Crippen LogP contribution in [0.2, 0.25) is 0 Å². The van der Waals surface area contributed by atoms with Gasteiger partial charge in [-0.15, -0.1) is 0 Å². The second kappa shape index (κ2) is 10.5. The second-order valence-corrected chi connectivity index (χ2v) is 10.2. The Morgan fingerprint density at radius 2 is 1.81 bits per heavy atom.